The third-order valence-electron chi connectivity index (χ3n) is 3.41. The van der Waals surface area contributed by atoms with Gasteiger partial charge in [0, 0.05) is 21.6 Å². The Kier molecular flexibility index (Phi) is 4.76. The van der Waals surface area contributed by atoms with Crippen molar-refractivity contribution in [3.05, 3.63) is 47.5 Å². The SMILES string of the molecule is C[C@H]1CC(=O)Nc2cc(S(=O)(=O)Nc3cccc(Cl)c3)ccc2S1. The van der Waals surface area contributed by atoms with E-state index in [4.69, 9.17) is 11.6 Å². The predicted molar refractivity (Wildman–Crippen MR) is 97.3 cm³/mol. The van der Waals surface area contributed by atoms with Crippen molar-refractivity contribution >= 4 is 50.7 Å². The van der Waals surface area contributed by atoms with E-state index in [9.17, 15) is 13.2 Å². The lowest BCUT2D eigenvalue weighted by molar-refractivity contribution is -0.116. The van der Waals surface area contributed by atoms with Crippen molar-refractivity contribution in [2.45, 2.75) is 28.4 Å². The summed E-state index contributed by atoms with van der Waals surface area (Å²) in [6.45, 7) is 1.96. The summed E-state index contributed by atoms with van der Waals surface area (Å²) in [5.41, 5.74) is 0.896. The fourth-order valence-corrected chi connectivity index (χ4v) is 4.68. The van der Waals surface area contributed by atoms with Crippen molar-refractivity contribution in [2.75, 3.05) is 10.0 Å². The highest BCUT2D eigenvalue weighted by atomic mass is 35.5. The molecule has 8 heteroatoms. The van der Waals surface area contributed by atoms with Crippen molar-refractivity contribution in [1.29, 1.82) is 0 Å². The molecule has 126 valence electrons. The van der Waals surface area contributed by atoms with Crippen LogP contribution in [0, 0.1) is 0 Å². The van der Waals surface area contributed by atoms with Crippen molar-refractivity contribution in [3.63, 3.8) is 0 Å². The van der Waals surface area contributed by atoms with E-state index in [-0.39, 0.29) is 16.1 Å². The van der Waals surface area contributed by atoms with Crippen molar-refractivity contribution in [2.24, 2.45) is 0 Å². The Hall–Kier alpha value is -1.70. The number of carbonyl (C=O) groups excluding carboxylic acids is 1. The van der Waals surface area contributed by atoms with Gasteiger partial charge in [0.15, 0.2) is 0 Å². The normalized spacial score (nSPS) is 17.6. The summed E-state index contributed by atoms with van der Waals surface area (Å²) in [6.07, 6.45) is 0.391. The second-order valence-corrected chi connectivity index (χ2v) is 9.05. The highest BCUT2D eigenvalue weighted by molar-refractivity contribution is 8.00. The summed E-state index contributed by atoms with van der Waals surface area (Å²) in [6, 6.07) is 11.2. The quantitative estimate of drug-likeness (QED) is 0.842. The standard InChI is InChI=1S/C16H15ClN2O3S2/c1-10-7-16(20)18-14-9-13(5-6-15(14)23-10)24(21,22)19-12-4-2-3-11(17)8-12/h2-6,8-10,19H,7H2,1H3,(H,18,20)/t10-/m0/s1. The van der Waals surface area contributed by atoms with Crippen LogP contribution >= 0.6 is 23.4 Å². The molecule has 1 atom stereocenters. The number of amides is 1. The summed E-state index contributed by atoms with van der Waals surface area (Å²) >= 11 is 7.42. The monoisotopic (exact) mass is 382 g/mol. The van der Waals surface area contributed by atoms with Crippen LogP contribution in [0.3, 0.4) is 0 Å². The lowest BCUT2D eigenvalue weighted by Gasteiger charge is -2.12. The van der Waals surface area contributed by atoms with Gasteiger partial charge in [-0.25, -0.2) is 8.42 Å². The zero-order valence-corrected chi connectivity index (χ0v) is 15.1. The van der Waals surface area contributed by atoms with Crippen LogP contribution in [0.1, 0.15) is 13.3 Å². The number of carbonyl (C=O) groups is 1. The molecule has 0 fully saturated rings. The van der Waals surface area contributed by atoms with Crippen LogP contribution in [0.5, 0.6) is 0 Å². The Balaban J connectivity index is 1.93. The Morgan fingerprint density at radius 2 is 2.04 bits per heavy atom. The molecule has 1 aliphatic heterocycles. The van der Waals surface area contributed by atoms with E-state index in [1.54, 1.807) is 36.0 Å². The largest absolute Gasteiger partial charge is 0.325 e. The zero-order valence-electron chi connectivity index (χ0n) is 12.7. The number of thioether (sulfide) groups is 1. The maximum Gasteiger partial charge on any atom is 0.261 e. The highest BCUT2D eigenvalue weighted by Crippen LogP contribution is 2.36. The maximum atomic E-state index is 12.6. The Labute approximate surface area is 149 Å². The van der Waals surface area contributed by atoms with E-state index in [0.717, 1.165) is 4.90 Å². The Bertz CT molecular complexity index is 900. The molecule has 0 saturated heterocycles. The summed E-state index contributed by atoms with van der Waals surface area (Å²) < 4.78 is 27.6. The van der Waals surface area contributed by atoms with Gasteiger partial charge in [-0.05, 0) is 36.4 Å². The van der Waals surface area contributed by atoms with E-state index in [2.05, 4.69) is 10.0 Å². The lowest BCUT2D eigenvalue weighted by atomic mass is 10.3. The number of rotatable bonds is 3. The molecule has 1 aliphatic rings. The molecule has 1 amide bonds. The molecule has 0 aliphatic carbocycles. The Morgan fingerprint density at radius 1 is 1.25 bits per heavy atom. The number of sulfonamides is 1. The van der Waals surface area contributed by atoms with Gasteiger partial charge in [0.1, 0.15) is 0 Å². The molecule has 0 aromatic heterocycles. The van der Waals surface area contributed by atoms with Crippen molar-refractivity contribution in [3.8, 4) is 0 Å². The van der Waals surface area contributed by atoms with E-state index in [1.807, 2.05) is 6.92 Å². The van der Waals surface area contributed by atoms with Crippen LogP contribution in [0.25, 0.3) is 0 Å². The van der Waals surface area contributed by atoms with Crippen LogP contribution < -0.4 is 10.0 Å². The molecule has 0 bridgehead atoms. The van der Waals surface area contributed by atoms with E-state index in [1.165, 1.54) is 18.2 Å². The molecule has 0 unspecified atom stereocenters. The number of hydrogen-bond donors (Lipinski definition) is 2. The third-order valence-corrected chi connectivity index (χ3v) is 6.21. The van der Waals surface area contributed by atoms with Crippen molar-refractivity contribution < 1.29 is 13.2 Å². The molecule has 5 nitrogen and oxygen atoms in total. The summed E-state index contributed by atoms with van der Waals surface area (Å²) in [4.78, 5) is 12.8. The first-order valence-corrected chi connectivity index (χ1v) is 9.96. The first-order valence-electron chi connectivity index (χ1n) is 7.22. The predicted octanol–water partition coefficient (Wildman–Crippen LogP) is 3.96. The number of anilines is 2. The maximum absolute atomic E-state index is 12.6. The number of fused-ring (bicyclic) bond motifs is 1. The molecule has 0 spiro atoms. The van der Waals surface area contributed by atoms with Gasteiger partial charge in [-0.1, -0.05) is 24.6 Å². The van der Waals surface area contributed by atoms with Gasteiger partial charge in [0.25, 0.3) is 10.0 Å². The van der Waals surface area contributed by atoms with Gasteiger partial charge in [-0.2, -0.15) is 0 Å². The number of benzene rings is 2. The molecular weight excluding hydrogens is 368 g/mol. The molecule has 2 aromatic rings. The summed E-state index contributed by atoms with van der Waals surface area (Å²) in [5, 5.41) is 3.34. The minimum absolute atomic E-state index is 0.0803. The number of hydrogen-bond acceptors (Lipinski definition) is 4. The number of nitrogens with one attached hydrogen (secondary N) is 2. The highest BCUT2D eigenvalue weighted by Gasteiger charge is 2.22. The first-order chi connectivity index (χ1) is 11.3. The fraction of sp³-hybridized carbons (Fsp3) is 0.188. The van der Waals surface area contributed by atoms with E-state index < -0.39 is 10.0 Å². The number of halogens is 1. The minimum atomic E-state index is -3.78. The van der Waals surface area contributed by atoms with Gasteiger partial charge in [0.2, 0.25) is 5.91 Å². The zero-order chi connectivity index (χ0) is 17.3. The van der Waals surface area contributed by atoms with Crippen LogP contribution in [0.15, 0.2) is 52.3 Å². The van der Waals surface area contributed by atoms with Crippen LogP contribution in [0.2, 0.25) is 5.02 Å². The minimum Gasteiger partial charge on any atom is -0.325 e. The van der Waals surface area contributed by atoms with Crippen LogP contribution in [0.4, 0.5) is 11.4 Å². The van der Waals surface area contributed by atoms with Crippen LogP contribution in [-0.4, -0.2) is 19.6 Å². The molecule has 0 saturated carbocycles. The molecule has 2 aromatic carbocycles. The topological polar surface area (TPSA) is 75.3 Å². The summed E-state index contributed by atoms with van der Waals surface area (Å²) in [5.74, 6) is -0.119. The Morgan fingerprint density at radius 3 is 2.79 bits per heavy atom. The van der Waals surface area contributed by atoms with Crippen LogP contribution in [-0.2, 0) is 14.8 Å². The molecule has 0 radical (unpaired) electrons. The average Bonchev–Trinajstić information content (AvgIpc) is 2.62. The molecule has 3 rings (SSSR count). The average molecular weight is 383 g/mol. The van der Waals surface area contributed by atoms with Gasteiger partial charge in [-0.3, -0.25) is 9.52 Å². The van der Waals surface area contributed by atoms with E-state index in [0.29, 0.717) is 22.8 Å². The van der Waals surface area contributed by atoms with Gasteiger partial charge in [-0.15, -0.1) is 11.8 Å². The van der Waals surface area contributed by atoms with Gasteiger partial charge >= 0.3 is 0 Å². The smallest absolute Gasteiger partial charge is 0.261 e. The fourth-order valence-electron chi connectivity index (χ4n) is 2.36. The second kappa shape index (κ2) is 6.66. The summed E-state index contributed by atoms with van der Waals surface area (Å²) in [7, 11) is -3.78. The molecule has 24 heavy (non-hydrogen) atoms. The van der Waals surface area contributed by atoms with Gasteiger partial charge < -0.3 is 5.32 Å². The molecule has 2 N–H and O–H groups in total. The van der Waals surface area contributed by atoms with E-state index >= 15 is 0 Å². The second-order valence-electron chi connectivity index (χ2n) is 5.45. The van der Waals surface area contributed by atoms with Crippen molar-refractivity contribution in [1.82, 2.24) is 0 Å². The molecule has 1 heterocycles. The molecular formula is C16H15ClN2O3S2. The lowest BCUT2D eigenvalue weighted by Crippen LogP contribution is -2.15. The first kappa shape index (κ1) is 17.1. The third kappa shape index (κ3) is 3.85. The van der Waals surface area contributed by atoms with Gasteiger partial charge in [0.05, 0.1) is 16.3 Å².